The van der Waals surface area contributed by atoms with Gasteiger partial charge in [0.25, 0.3) is 5.91 Å². The van der Waals surface area contributed by atoms with Gasteiger partial charge in [0, 0.05) is 19.2 Å². The molecule has 1 aromatic rings. The Morgan fingerprint density at radius 3 is 2.76 bits per heavy atom. The number of nitrogen functional groups attached to an aromatic ring is 1. The van der Waals surface area contributed by atoms with E-state index in [1.165, 1.54) is 0 Å². The molecule has 0 aliphatic heterocycles. The van der Waals surface area contributed by atoms with Gasteiger partial charge in [-0.25, -0.2) is 0 Å². The second-order valence-electron chi connectivity index (χ2n) is 3.38. The van der Waals surface area contributed by atoms with Gasteiger partial charge in [-0.3, -0.25) is 4.79 Å². The Bertz CT molecular complexity index is 380. The maximum Gasteiger partial charge on any atom is 0.251 e. The number of nitrogens with two attached hydrogens (primary N) is 1. The fourth-order valence-electron chi connectivity index (χ4n) is 1.32. The fourth-order valence-corrected chi connectivity index (χ4v) is 1.32. The molecule has 5 heteroatoms. The van der Waals surface area contributed by atoms with Crippen molar-refractivity contribution in [1.29, 1.82) is 0 Å². The monoisotopic (exact) mass is 238 g/mol. The third kappa shape index (κ3) is 3.96. The molecule has 0 radical (unpaired) electrons. The number of carbonyl (C=O) groups is 1. The summed E-state index contributed by atoms with van der Waals surface area (Å²) in [7, 11) is 1.57. The molecule has 0 saturated carbocycles. The van der Waals surface area contributed by atoms with E-state index in [1.807, 2.05) is 6.92 Å². The Morgan fingerprint density at radius 1 is 1.41 bits per heavy atom. The third-order valence-corrected chi connectivity index (χ3v) is 2.19. The van der Waals surface area contributed by atoms with Crippen LogP contribution in [0.25, 0.3) is 0 Å². The van der Waals surface area contributed by atoms with Gasteiger partial charge < -0.3 is 20.5 Å². The van der Waals surface area contributed by atoms with Gasteiger partial charge in [-0.15, -0.1) is 0 Å². The normalized spacial score (nSPS) is 10.0. The zero-order chi connectivity index (χ0) is 12.7. The van der Waals surface area contributed by atoms with Crippen molar-refractivity contribution in [3.63, 3.8) is 0 Å². The molecule has 1 amide bonds. The highest BCUT2D eigenvalue weighted by Gasteiger charge is 2.06. The topological polar surface area (TPSA) is 73.6 Å². The van der Waals surface area contributed by atoms with Gasteiger partial charge in [0.1, 0.15) is 12.4 Å². The Labute approximate surface area is 101 Å². The number of carbonyl (C=O) groups excluding carboxylic acids is 1. The van der Waals surface area contributed by atoms with Crippen LogP contribution in [0.4, 0.5) is 5.69 Å². The van der Waals surface area contributed by atoms with Gasteiger partial charge in [0.2, 0.25) is 0 Å². The molecule has 0 aliphatic rings. The molecule has 94 valence electrons. The molecule has 1 rings (SSSR count). The van der Waals surface area contributed by atoms with E-state index in [-0.39, 0.29) is 5.91 Å². The molecule has 0 aromatic heterocycles. The summed E-state index contributed by atoms with van der Waals surface area (Å²) < 4.78 is 10.6. The highest BCUT2D eigenvalue weighted by atomic mass is 16.5. The molecule has 0 atom stereocenters. The van der Waals surface area contributed by atoms with Crippen molar-refractivity contribution in [3.8, 4) is 5.75 Å². The summed E-state index contributed by atoms with van der Waals surface area (Å²) in [4.78, 5) is 11.3. The number of benzene rings is 1. The van der Waals surface area contributed by atoms with Crippen molar-refractivity contribution in [2.45, 2.75) is 6.92 Å². The maximum absolute atomic E-state index is 11.3. The number of amides is 1. The summed E-state index contributed by atoms with van der Waals surface area (Å²) in [5.74, 6) is 0.398. The Kier molecular flexibility index (Phi) is 5.29. The zero-order valence-corrected chi connectivity index (χ0v) is 10.2. The molecule has 0 unspecified atom stereocenters. The van der Waals surface area contributed by atoms with E-state index in [9.17, 15) is 4.79 Å². The minimum absolute atomic E-state index is 0.169. The lowest BCUT2D eigenvalue weighted by Crippen LogP contribution is -2.18. The van der Waals surface area contributed by atoms with Crippen molar-refractivity contribution < 1.29 is 14.3 Å². The first-order chi connectivity index (χ1) is 8.19. The number of anilines is 1. The Balaban J connectivity index is 2.60. The molecule has 0 aliphatic carbocycles. The van der Waals surface area contributed by atoms with Crippen LogP contribution < -0.4 is 15.8 Å². The molecule has 3 N–H and O–H groups in total. The largest absolute Gasteiger partial charge is 0.489 e. The lowest BCUT2D eigenvalue weighted by molar-refractivity contribution is 0.0962. The van der Waals surface area contributed by atoms with Crippen molar-refractivity contribution >= 4 is 11.6 Å². The number of ether oxygens (including phenoxy) is 2. The lowest BCUT2D eigenvalue weighted by atomic mass is 10.2. The van der Waals surface area contributed by atoms with Gasteiger partial charge in [-0.1, -0.05) is 0 Å². The molecular formula is C12H18N2O3. The molecule has 0 fully saturated rings. The summed E-state index contributed by atoms with van der Waals surface area (Å²) in [6.07, 6.45) is 0. The van der Waals surface area contributed by atoms with E-state index in [2.05, 4.69) is 5.32 Å². The highest BCUT2D eigenvalue weighted by Crippen LogP contribution is 2.22. The van der Waals surface area contributed by atoms with Crippen LogP contribution >= 0.6 is 0 Å². The van der Waals surface area contributed by atoms with E-state index in [4.69, 9.17) is 15.2 Å². The van der Waals surface area contributed by atoms with E-state index in [0.29, 0.717) is 36.8 Å². The van der Waals surface area contributed by atoms with Gasteiger partial charge in [0.15, 0.2) is 0 Å². The van der Waals surface area contributed by atoms with E-state index in [0.717, 1.165) is 0 Å². The van der Waals surface area contributed by atoms with Crippen LogP contribution in [0, 0.1) is 0 Å². The minimum Gasteiger partial charge on any atom is -0.489 e. The van der Waals surface area contributed by atoms with Crippen LogP contribution in [-0.2, 0) is 4.74 Å². The quantitative estimate of drug-likeness (QED) is 0.573. The van der Waals surface area contributed by atoms with E-state index < -0.39 is 0 Å². The summed E-state index contributed by atoms with van der Waals surface area (Å²) in [6, 6.07) is 4.95. The molecule has 0 saturated heterocycles. The Hall–Kier alpha value is -1.75. The highest BCUT2D eigenvalue weighted by molar-refractivity contribution is 5.95. The van der Waals surface area contributed by atoms with Crippen LogP contribution in [0.2, 0.25) is 0 Å². The molecule has 5 nitrogen and oxygen atoms in total. The smallest absolute Gasteiger partial charge is 0.251 e. The van der Waals surface area contributed by atoms with Crippen molar-refractivity contribution in [3.05, 3.63) is 23.8 Å². The number of rotatable bonds is 6. The van der Waals surface area contributed by atoms with Gasteiger partial charge in [-0.2, -0.15) is 0 Å². The van der Waals surface area contributed by atoms with Crippen LogP contribution in [-0.4, -0.2) is 32.8 Å². The van der Waals surface area contributed by atoms with E-state index >= 15 is 0 Å². The fraction of sp³-hybridized carbons (Fsp3) is 0.417. The second-order valence-corrected chi connectivity index (χ2v) is 3.38. The number of hydrogen-bond donors (Lipinski definition) is 2. The zero-order valence-electron chi connectivity index (χ0n) is 10.2. The van der Waals surface area contributed by atoms with Crippen molar-refractivity contribution in [2.24, 2.45) is 0 Å². The summed E-state index contributed by atoms with van der Waals surface area (Å²) in [5.41, 5.74) is 6.75. The lowest BCUT2D eigenvalue weighted by Gasteiger charge is -2.10. The first-order valence-corrected chi connectivity index (χ1v) is 5.51. The second kappa shape index (κ2) is 6.75. The standard InChI is InChI=1S/C12H18N2O3/c1-3-16-6-7-17-11-5-4-9(8-10(11)13)12(15)14-2/h4-5,8H,3,6-7,13H2,1-2H3,(H,14,15). The predicted octanol–water partition coefficient (Wildman–Crippen LogP) is 1.04. The van der Waals surface area contributed by atoms with Gasteiger partial charge in [0.05, 0.1) is 12.3 Å². The van der Waals surface area contributed by atoms with Crippen LogP contribution in [0.3, 0.4) is 0 Å². The van der Waals surface area contributed by atoms with Crippen LogP contribution in [0.15, 0.2) is 18.2 Å². The van der Waals surface area contributed by atoms with Gasteiger partial charge in [-0.05, 0) is 25.1 Å². The average Bonchev–Trinajstić information content (AvgIpc) is 2.35. The molecule has 0 bridgehead atoms. The van der Waals surface area contributed by atoms with E-state index in [1.54, 1.807) is 25.2 Å². The maximum atomic E-state index is 11.3. The number of nitrogens with one attached hydrogen (secondary N) is 1. The van der Waals surface area contributed by atoms with Gasteiger partial charge >= 0.3 is 0 Å². The molecular weight excluding hydrogens is 220 g/mol. The molecule has 17 heavy (non-hydrogen) atoms. The predicted molar refractivity (Wildman–Crippen MR) is 66.2 cm³/mol. The van der Waals surface area contributed by atoms with Crippen molar-refractivity contribution in [1.82, 2.24) is 5.32 Å². The van der Waals surface area contributed by atoms with Crippen molar-refractivity contribution in [2.75, 3.05) is 32.6 Å². The SMILES string of the molecule is CCOCCOc1ccc(C(=O)NC)cc1N. The molecule has 1 aromatic carbocycles. The average molecular weight is 238 g/mol. The summed E-state index contributed by atoms with van der Waals surface area (Å²) in [5, 5.41) is 2.53. The first-order valence-electron chi connectivity index (χ1n) is 5.51. The third-order valence-electron chi connectivity index (χ3n) is 2.19. The number of hydrogen-bond acceptors (Lipinski definition) is 4. The minimum atomic E-state index is -0.169. The Morgan fingerprint density at radius 2 is 2.18 bits per heavy atom. The summed E-state index contributed by atoms with van der Waals surface area (Å²) in [6.45, 7) is 3.55. The molecule has 0 spiro atoms. The first kappa shape index (κ1) is 13.3. The summed E-state index contributed by atoms with van der Waals surface area (Å²) >= 11 is 0. The molecule has 0 heterocycles. The van der Waals surface area contributed by atoms with Crippen LogP contribution in [0.1, 0.15) is 17.3 Å². The van der Waals surface area contributed by atoms with Crippen LogP contribution in [0.5, 0.6) is 5.75 Å².